The predicted molar refractivity (Wildman–Crippen MR) is 43.8 cm³/mol. The minimum absolute atomic E-state index is 0.769. The maximum atomic E-state index is 5.36. The standard InChI is InChI=1S/C7H17OSi/c1-4-5-6-7-8-9(2)3/h7,9H,4-6H2,1-3H3. The molecule has 0 heterocycles. The van der Waals surface area contributed by atoms with Crippen molar-refractivity contribution >= 4 is 9.04 Å². The lowest BCUT2D eigenvalue weighted by atomic mass is 10.3. The molecule has 2 heteroatoms. The molecule has 0 amide bonds. The van der Waals surface area contributed by atoms with Crippen molar-refractivity contribution in [1.82, 2.24) is 0 Å². The number of hydrogen-bond donors (Lipinski definition) is 0. The molecule has 0 aromatic carbocycles. The SMILES string of the molecule is CCCC[CH]O[SiH](C)C. The second-order valence-electron chi connectivity index (χ2n) is 2.49. The first-order valence-electron chi connectivity index (χ1n) is 3.74. The highest BCUT2D eigenvalue weighted by atomic mass is 28.3. The number of unbranched alkanes of at least 4 members (excludes halogenated alkanes) is 2. The van der Waals surface area contributed by atoms with Crippen LogP contribution in [0.5, 0.6) is 0 Å². The van der Waals surface area contributed by atoms with E-state index in [-0.39, 0.29) is 0 Å². The van der Waals surface area contributed by atoms with Gasteiger partial charge in [0.1, 0.15) is 0 Å². The van der Waals surface area contributed by atoms with Crippen LogP contribution in [0.25, 0.3) is 0 Å². The molecular formula is C7H17OSi. The van der Waals surface area contributed by atoms with Gasteiger partial charge in [-0.25, -0.2) is 0 Å². The van der Waals surface area contributed by atoms with Crippen LogP contribution in [0.4, 0.5) is 0 Å². The molecule has 0 saturated heterocycles. The Hall–Kier alpha value is 0.177. The largest absolute Gasteiger partial charge is 0.415 e. The van der Waals surface area contributed by atoms with Crippen molar-refractivity contribution < 1.29 is 4.43 Å². The molecule has 0 bridgehead atoms. The molecule has 0 N–H and O–H groups in total. The second kappa shape index (κ2) is 6.30. The summed E-state index contributed by atoms with van der Waals surface area (Å²) < 4.78 is 5.36. The fourth-order valence-electron chi connectivity index (χ4n) is 0.548. The third-order valence-electron chi connectivity index (χ3n) is 1.04. The van der Waals surface area contributed by atoms with E-state index < -0.39 is 9.04 Å². The summed E-state index contributed by atoms with van der Waals surface area (Å²) in [4.78, 5) is 0. The highest BCUT2D eigenvalue weighted by Gasteiger charge is 1.93. The molecule has 0 fully saturated rings. The summed E-state index contributed by atoms with van der Waals surface area (Å²) in [7, 11) is -0.769. The Balaban J connectivity index is 2.75. The lowest BCUT2D eigenvalue weighted by Crippen LogP contribution is -2.04. The average Bonchev–Trinajstić information content (AvgIpc) is 1.80. The van der Waals surface area contributed by atoms with Crippen molar-refractivity contribution in [2.24, 2.45) is 0 Å². The summed E-state index contributed by atoms with van der Waals surface area (Å²) in [5.41, 5.74) is 0. The van der Waals surface area contributed by atoms with Gasteiger partial charge in [-0.05, 0) is 19.5 Å². The van der Waals surface area contributed by atoms with Gasteiger partial charge in [0.15, 0.2) is 9.04 Å². The second-order valence-corrected chi connectivity index (χ2v) is 4.86. The van der Waals surface area contributed by atoms with Crippen molar-refractivity contribution in [3.05, 3.63) is 6.61 Å². The molecule has 0 aromatic heterocycles. The Morgan fingerprint density at radius 3 is 2.56 bits per heavy atom. The molecule has 0 unspecified atom stereocenters. The van der Waals surface area contributed by atoms with E-state index in [0.29, 0.717) is 0 Å². The van der Waals surface area contributed by atoms with E-state index in [1.54, 1.807) is 0 Å². The van der Waals surface area contributed by atoms with Crippen LogP contribution in [0.1, 0.15) is 26.2 Å². The fourth-order valence-corrected chi connectivity index (χ4v) is 1.07. The third kappa shape index (κ3) is 8.18. The number of hydrogen-bond acceptors (Lipinski definition) is 1. The van der Waals surface area contributed by atoms with Crippen LogP contribution in [-0.2, 0) is 4.43 Å². The average molecular weight is 145 g/mol. The molecule has 0 aromatic rings. The van der Waals surface area contributed by atoms with Crippen LogP contribution < -0.4 is 0 Å². The Labute approximate surface area is 60.1 Å². The van der Waals surface area contributed by atoms with Gasteiger partial charge in [-0.15, -0.1) is 0 Å². The Kier molecular flexibility index (Phi) is 6.42. The molecule has 1 nitrogen and oxygen atoms in total. The molecule has 0 aliphatic rings. The van der Waals surface area contributed by atoms with Gasteiger partial charge in [0.05, 0.1) is 6.61 Å². The van der Waals surface area contributed by atoms with Gasteiger partial charge in [0.25, 0.3) is 0 Å². The predicted octanol–water partition coefficient (Wildman–Crippen LogP) is 2.34. The van der Waals surface area contributed by atoms with Crippen LogP contribution in [0.2, 0.25) is 13.1 Å². The molecule has 1 radical (unpaired) electrons. The molecule has 0 atom stereocenters. The summed E-state index contributed by atoms with van der Waals surface area (Å²) in [5.74, 6) is 0. The summed E-state index contributed by atoms with van der Waals surface area (Å²) in [6.45, 7) is 8.53. The van der Waals surface area contributed by atoms with Gasteiger partial charge in [-0.2, -0.15) is 0 Å². The lowest BCUT2D eigenvalue weighted by Gasteiger charge is -2.03. The van der Waals surface area contributed by atoms with Crippen LogP contribution in [0.3, 0.4) is 0 Å². The quantitative estimate of drug-likeness (QED) is 0.426. The van der Waals surface area contributed by atoms with E-state index >= 15 is 0 Å². The summed E-state index contributed by atoms with van der Waals surface area (Å²) in [6, 6.07) is 0. The van der Waals surface area contributed by atoms with E-state index in [4.69, 9.17) is 4.43 Å². The first kappa shape index (κ1) is 9.18. The molecule has 9 heavy (non-hydrogen) atoms. The van der Waals surface area contributed by atoms with E-state index in [0.717, 1.165) is 6.42 Å². The zero-order chi connectivity index (χ0) is 7.11. The fraction of sp³-hybridized carbons (Fsp3) is 0.857. The minimum Gasteiger partial charge on any atom is -0.415 e. The van der Waals surface area contributed by atoms with Gasteiger partial charge in [-0.3, -0.25) is 0 Å². The highest BCUT2D eigenvalue weighted by Crippen LogP contribution is 1.99. The Morgan fingerprint density at radius 1 is 1.44 bits per heavy atom. The van der Waals surface area contributed by atoms with E-state index in [1.165, 1.54) is 12.8 Å². The van der Waals surface area contributed by atoms with Crippen molar-refractivity contribution in [3.63, 3.8) is 0 Å². The monoisotopic (exact) mass is 145 g/mol. The summed E-state index contributed by atoms with van der Waals surface area (Å²) in [6.07, 6.45) is 3.66. The maximum Gasteiger partial charge on any atom is 0.171 e. The molecule has 0 rings (SSSR count). The summed E-state index contributed by atoms with van der Waals surface area (Å²) >= 11 is 0. The molecule has 0 saturated carbocycles. The van der Waals surface area contributed by atoms with Crippen molar-refractivity contribution in [2.75, 3.05) is 0 Å². The smallest absolute Gasteiger partial charge is 0.171 e. The molecular weight excluding hydrogens is 128 g/mol. The third-order valence-corrected chi connectivity index (χ3v) is 1.78. The molecule has 0 aliphatic carbocycles. The van der Waals surface area contributed by atoms with Gasteiger partial charge >= 0.3 is 0 Å². The maximum absolute atomic E-state index is 5.36. The zero-order valence-electron chi connectivity index (χ0n) is 6.68. The normalized spacial score (nSPS) is 10.7. The first-order chi connectivity index (χ1) is 4.27. The lowest BCUT2D eigenvalue weighted by molar-refractivity contribution is 0.398. The van der Waals surface area contributed by atoms with E-state index in [9.17, 15) is 0 Å². The Bertz CT molecular complexity index is 54.9. The highest BCUT2D eigenvalue weighted by molar-refractivity contribution is 6.48. The van der Waals surface area contributed by atoms with Gasteiger partial charge < -0.3 is 4.43 Å². The van der Waals surface area contributed by atoms with E-state index in [2.05, 4.69) is 20.0 Å². The van der Waals surface area contributed by atoms with Gasteiger partial charge in [0.2, 0.25) is 0 Å². The van der Waals surface area contributed by atoms with Crippen LogP contribution >= 0.6 is 0 Å². The van der Waals surface area contributed by atoms with Gasteiger partial charge in [0, 0.05) is 0 Å². The minimum atomic E-state index is -0.769. The molecule has 55 valence electrons. The van der Waals surface area contributed by atoms with E-state index in [1.807, 2.05) is 6.61 Å². The Morgan fingerprint density at radius 2 is 2.11 bits per heavy atom. The van der Waals surface area contributed by atoms with Crippen LogP contribution in [0.15, 0.2) is 0 Å². The van der Waals surface area contributed by atoms with Crippen LogP contribution in [0, 0.1) is 6.61 Å². The van der Waals surface area contributed by atoms with Crippen molar-refractivity contribution in [2.45, 2.75) is 39.3 Å². The molecule has 0 spiro atoms. The summed E-state index contributed by atoms with van der Waals surface area (Å²) in [5, 5.41) is 0. The van der Waals surface area contributed by atoms with Crippen molar-refractivity contribution in [3.8, 4) is 0 Å². The van der Waals surface area contributed by atoms with Crippen molar-refractivity contribution in [1.29, 1.82) is 0 Å². The van der Waals surface area contributed by atoms with Crippen LogP contribution in [-0.4, -0.2) is 9.04 Å². The van der Waals surface area contributed by atoms with Gasteiger partial charge in [-0.1, -0.05) is 19.8 Å². The first-order valence-corrected chi connectivity index (χ1v) is 6.52. The zero-order valence-corrected chi connectivity index (χ0v) is 7.84. The topological polar surface area (TPSA) is 9.23 Å². The number of rotatable bonds is 5. The molecule has 0 aliphatic heterocycles.